The Labute approximate surface area is 149 Å². The van der Waals surface area contributed by atoms with Crippen LogP contribution in [0.5, 0.6) is 0 Å². The molecule has 1 amide bonds. The molecule has 0 radical (unpaired) electrons. The molecule has 0 saturated carbocycles. The number of amides is 1. The second-order valence-corrected chi connectivity index (χ2v) is 6.63. The zero-order valence-corrected chi connectivity index (χ0v) is 14.8. The number of fused-ring (bicyclic) bond motifs is 1. The number of aromatic nitrogens is 4. The van der Waals surface area contributed by atoms with Crippen LogP contribution in [-0.2, 0) is 30.4 Å². The van der Waals surface area contributed by atoms with Gasteiger partial charge in [-0.3, -0.25) is 14.2 Å². The third kappa shape index (κ3) is 3.61. The number of nitrogens with one attached hydrogen (secondary N) is 1. The van der Waals surface area contributed by atoms with Gasteiger partial charge in [0.1, 0.15) is 6.04 Å². The van der Waals surface area contributed by atoms with Crippen LogP contribution in [-0.4, -0.2) is 31.5 Å². The van der Waals surface area contributed by atoms with Crippen LogP contribution in [0.1, 0.15) is 49.7 Å². The molecule has 0 spiro atoms. The van der Waals surface area contributed by atoms with Gasteiger partial charge in [-0.05, 0) is 38.7 Å². The van der Waals surface area contributed by atoms with Gasteiger partial charge in [-0.25, -0.2) is 0 Å². The van der Waals surface area contributed by atoms with Gasteiger partial charge in [-0.2, -0.15) is 23.4 Å². The smallest absolute Gasteiger partial charge is 0.350 e. The number of carbonyl (C=O) groups excluding carboxylic acids is 1. The lowest BCUT2D eigenvalue weighted by molar-refractivity contribution is -0.142. The number of hydrogen-bond acceptors (Lipinski definition) is 3. The number of halogens is 3. The summed E-state index contributed by atoms with van der Waals surface area (Å²) in [6.45, 7) is 4.10. The summed E-state index contributed by atoms with van der Waals surface area (Å²) in [5.74, 6) is -0.321. The van der Waals surface area contributed by atoms with Gasteiger partial charge in [0.2, 0.25) is 5.91 Å². The molecule has 9 heteroatoms. The van der Waals surface area contributed by atoms with Crippen molar-refractivity contribution in [1.82, 2.24) is 24.9 Å². The number of alkyl halides is 3. The standard InChI is InChI=1S/C17H22F3N5O/c1-3-13(16(26)22-11(2)10-24-9-5-8-21-24)25-14-7-4-6-12(14)15(23-25)17(18,19)20/h5,8-9,11,13H,3-4,6-7,10H2,1-2H3,(H,22,26)/t11-,13+/m0/s1. The van der Waals surface area contributed by atoms with Gasteiger partial charge in [-0.15, -0.1) is 0 Å². The number of rotatable bonds is 6. The Hall–Kier alpha value is -2.32. The largest absolute Gasteiger partial charge is 0.435 e. The van der Waals surface area contributed by atoms with Crippen molar-refractivity contribution in [2.75, 3.05) is 0 Å². The van der Waals surface area contributed by atoms with Gasteiger partial charge in [0.25, 0.3) is 0 Å². The highest BCUT2D eigenvalue weighted by molar-refractivity contribution is 5.80. The molecule has 0 bridgehead atoms. The molecule has 1 aliphatic carbocycles. The molecule has 0 saturated heterocycles. The van der Waals surface area contributed by atoms with E-state index >= 15 is 0 Å². The molecule has 2 atom stereocenters. The molecule has 142 valence electrons. The van der Waals surface area contributed by atoms with E-state index in [1.807, 2.05) is 6.92 Å². The number of nitrogens with zero attached hydrogens (tertiary/aromatic N) is 4. The fraction of sp³-hybridized carbons (Fsp3) is 0.588. The molecule has 1 aliphatic rings. The van der Waals surface area contributed by atoms with Crippen molar-refractivity contribution in [2.45, 2.75) is 64.3 Å². The summed E-state index contributed by atoms with van der Waals surface area (Å²) >= 11 is 0. The van der Waals surface area contributed by atoms with E-state index in [9.17, 15) is 18.0 Å². The molecule has 2 heterocycles. The SMILES string of the molecule is CC[C@H](C(=O)N[C@@H](C)Cn1cccn1)n1nc(C(F)(F)F)c2c1CCC2. The molecule has 0 fully saturated rings. The summed E-state index contributed by atoms with van der Waals surface area (Å²) < 4.78 is 42.8. The van der Waals surface area contributed by atoms with E-state index in [0.717, 1.165) is 0 Å². The number of hydrogen-bond donors (Lipinski definition) is 1. The van der Waals surface area contributed by atoms with Crippen molar-refractivity contribution in [3.8, 4) is 0 Å². The Kier molecular flexibility index (Phi) is 5.06. The Morgan fingerprint density at radius 1 is 1.38 bits per heavy atom. The molecular formula is C17H22F3N5O. The minimum Gasteiger partial charge on any atom is -0.350 e. The van der Waals surface area contributed by atoms with Crippen LogP contribution in [0, 0.1) is 0 Å². The number of carbonyl (C=O) groups is 1. The molecule has 2 aromatic rings. The lowest BCUT2D eigenvalue weighted by Gasteiger charge is -2.21. The minimum atomic E-state index is -4.50. The Bertz CT molecular complexity index is 766. The lowest BCUT2D eigenvalue weighted by atomic mass is 10.1. The monoisotopic (exact) mass is 369 g/mol. The fourth-order valence-corrected chi connectivity index (χ4v) is 3.49. The van der Waals surface area contributed by atoms with Crippen LogP contribution in [0.2, 0.25) is 0 Å². The quantitative estimate of drug-likeness (QED) is 0.852. The lowest BCUT2D eigenvalue weighted by Crippen LogP contribution is -2.41. The first-order chi connectivity index (χ1) is 12.3. The molecule has 26 heavy (non-hydrogen) atoms. The van der Waals surface area contributed by atoms with Crippen LogP contribution < -0.4 is 5.32 Å². The second kappa shape index (κ2) is 7.13. The predicted octanol–water partition coefficient (Wildman–Crippen LogP) is 2.74. The van der Waals surface area contributed by atoms with Gasteiger partial charge < -0.3 is 5.32 Å². The Balaban J connectivity index is 1.79. The van der Waals surface area contributed by atoms with E-state index in [4.69, 9.17) is 0 Å². The average molecular weight is 369 g/mol. The maximum absolute atomic E-state index is 13.3. The molecule has 6 nitrogen and oxygen atoms in total. The highest BCUT2D eigenvalue weighted by Gasteiger charge is 2.41. The van der Waals surface area contributed by atoms with Gasteiger partial charge in [0.15, 0.2) is 5.69 Å². The van der Waals surface area contributed by atoms with Crippen molar-refractivity contribution >= 4 is 5.91 Å². The van der Waals surface area contributed by atoms with Crippen LogP contribution >= 0.6 is 0 Å². The molecule has 1 N–H and O–H groups in total. The zero-order chi connectivity index (χ0) is 18.9. The highest BCUT2D eigenvalue weighted by Crippen LogP contribution is 2.37. The molecule has 2 aromatic heterocycles. The normalized spacial score (nSPS) is 16.3. The third-order valence-corrected chi connectivity index (χ3v) is 4.62. The Morgan fingerprint density at radius 3 is 2.77 bits per heavy atom. The summed E-state index contributed by atoms with van der Waals surface area (Å²) in [5, 5.41) is 10.7. The van der Waals surface area contributed by atoms with E-state index in [2.05, 4.69) is 15.5 Å². The summed E-state index contributed by atoms with van der Waals surface area (Å²) in [7, 11) is 0. The van der Waals surface area contributed by atoms with Crippen molar-refractivity contribution in [3.63, 3.8) is 0 Å². The minimum absolute atomic E-state index is 0.206. The topological polar surface area (TPSA) is 64.7 Å². The maximum Gasteiger partial charge on any atom is 0.435 e. The molecule has 0 aliphatic heterocycles. The molecule has 0 unspecified atom stereocenters. The molecular weight excluding hydrogens is 347 g/mol. The van der Waals surface area contributed by atoms with E-state index in [-0.39, 0.29) is 17.5 Å². The fourth-order valence-electron chi connectivity index (χ4n) is 3.49. The maximum atomic E-state index is 13.3. The Morgan fingerprint density at radius 2 is 2.15 bits per heavy atom. The highest BCUT2D eigenvalue weighted by atomic mass is 19.4. The summed E-state index contributed by atoms with van der Waals surface area (Å²) in [4.78, 5) is 12.7. The third-order valence-electron chi connectivity index (χ3n) is 4.62. The zero-order valence-electron chi connectivity index (χ0n) is 14.8. The van der Waals surface area contributed by atoms with E-state index in [1.54, 1.807) is 30.1 Å². The molecule has 0 aromatic carbocycles. The van der Waals surface area contributed by atoms with E-state index < -0.39 is 17.9 Å². The summed E-state index contributed by atoms with van der Waals surface area (Å²) in [5.41, 5.74) is -0.0618. The average Bonchev–Trinajstić information content (AvgIpc) is 3.24. The second-order valence-electron chi connectivity index (χ2n) is 6.63. The van der Waals surface area contributed by atoms with Gasteiger partial charge in [-0.1, -0.05) is 6.92 Å². The van der Waals surface area contributed by atoms with Crippen LogP contribution in [0.4, 0.5) is 13.2 Å². The van der Waals surface area contributed by atoms with Crippen molar-refractivity contribution in [1.29, 1.82) is 0 Å². The summed E-state index contributed by atoms with van der Waals surface area (Å²) in [6.07, 6.45) is 0.839. The van der Waals surface area contributed by atoms with Crippen LogP contribution in [0.3, 0.4) is 0 Å². The van der Waals surface area contributed by atoms with Crippen molar-refractivity contribution < 1.29 is 18.0 Å². The van der Waals surface area contributed by atoms with Crippen molar-refractivity contribution in [3.05, 3.63) is 35.4 Å². The van der Waals surface area contributed by atoms with Gasteiger partial charge >= 0.3 is 6.18 Å². The van der Waals surface area contributed by atoms with Crippen molar-refractivity contribution in [2.24, 2.45) is 0 Å². The first kappa shape index (κ1) is 18.5. The first-order valence-corrected chi connectivity index (χ1v) is 8.76. The van der Waals surface area contributed by atoms with Crippen LogP contribution in [0.15, 0.2) is 18.5 Å². The molecule has 3 rings (SSSR count). The first-order valence-electron chi connectivity index (χ1n) is 8.76. The van der Waals surface area contributed by atoms with E-state index in [1.165, 1.54) is 4.68 Å². The summed E-state index contributed by atoms with van der Waals surface area (Å²) in [6, 6.07) is 0.829. The van der Waals surface area contributed by atoms with E-state index in [0.29, 0.717) is 37.9 Å². The van der Waals surface area contributed by atoms with Crippen LogP contribution in [0.25, 0.3) is 0 Å². The predicted molar refractivity (Wildman–Crippen MR) is 88.4 cm³/mol. The van der Waals surface area contributed by atoms with Gasteiger partial charge in [0.05, 0.1) is 6.54 Å². The van der Waals surface area contributed by atoms with Gasteiger partial charge in [0, 0.05) is 29.7 Å².